The van der Waals surface area contributed by atoms with Crippen LogP contribution in [-0.2, 0) is 4.79 Å². The largest absolute Gasteiger partial charge is 0.480 e. The summed E-state index contributed by atoms with van der Waals surface area (Å²) >= 11 is 0. The number of hydrogen-bond acceptors (Lipinski definition) is 2. The minimum atomic E-state index is -0.661. The van der Waals surface area contributed by atoms with Crippen LogP contribution in [-0.4, -0.2) is 35.1 Å². The van der Waals surface area contributed by atoms with Crippen molar-refractivity contribution in [3.8, 4) is 0 Å². The van der Waals surface area contributed by atoms with Crippen LogP contribution >= 0.6 is 0 Å². The average molecular weight is 267 g/mol. The van der Waals surface area contributed by atoms with E-state index >= 15 is 0 Å². The lowest BCUT2D eigenvalue weighted by atomic mass is 9.80. The summed E-state index contributed by atoms with van der Waals surface area (Å²) in [6, 6.07) is 0.522. The summed E-state index contributed by atoms with van der Waals surface area (Å²) in [5.74, 6) is 1.70. The fourth-order valence-electron chi connectivity index (χ4n) is 3.62. The van der Waals surface area contributed by atoms with E-state index < -0.39 is 5.97 Å². The van der Waals surface area contributed by atoms with Crippen molar-refractivity contribution in [2.24, 2.45) is 17.8 Å². The van der Waals surface area contributed by atoms with Crippen molar-refractivity contribution in [1.82, 2.24) is 4.90 Å². The van der Waals surface area contributed by atoms with Crippen molar-refractivity contribution < 1.29 is 9.90 Å². The molecular weight excluding hydrogens is 238 g/mol. The molecule has 0 aromatic heterocycles. The molecule has 2 saturated carbocycles. The van der Waals surface area contributed by atoms with Gasteiger partial charge < -0.3 is 5.11 Å². The molecule has 19 heavy (non-hydrogen) atoms. The minimum absolute atomic E-state index is 0.246. The number of hydrogen-bond donors (Lipinski definition) is 1. The SMILES string of the molecule is CC(C)CC1CCCC(N(CC(=O)O)CC2CC2)C1. The first kappa shape index (κ1) is 14.8. The zero-order valence-corrected chi connectivity index (χ0v) is 12.5. The van der Waals surface area contributed by atoms with E-state index in [1.807, 2.05) is 0 Å². The Morgan fingerprint density at radius 3 is 2.53 bits per heavy atom. The Morgan fingerprint density at radius 2 is 1.95 bits per heavy atom. The smallest absolute Gasteiger partial charge is 0.317 e. The summed E-state index contributed by atoms with van der Waals surface area (Å²) in [6.07, 6.45) is 8.96. The number of nitrogens with zero attached hydrogens (tertiary/aromatic N) is 1. The summed E-state index contributed by atoms with van der Waals surface area (Å²) in [6.45, 7) is 5.85. The van der Waals surface area contributed by atoms with Crippen molar-refractivity contribution >= 4 is 5.97 Å². The van der Waals surface area contributed by atoms with E-state index in [1.165, 1.54) is 44.9 Å². The third kappa shape index (κ3) is 5.13. The third-order valence-corrected chi connectivity index (χ3v) is 4.60. The Labute approximate surface area is 117 Å². The van der Waals surface area contributed by atoms with Crippen LogP contribution in [0.2, 0.25) is 0 Å². The van der Waals surface area contributed by atoms with Gasteiger partial charge in [0.05, 0.1) is 6.54 Å². The predicted molar refractivity (Wildman–Crippen MR) is 77.1 cm³/mol. The summed E-state index contributed by atoms with van der Waals surface area (Å²) in [7, 11) is 0. The molecule has 2 fully saturated rings. The van der Waals surface area contributed by atoms with Crippen LogP contribution in [0.15, 0.2) is 0 Å². The zero-order valence-electron chi connectivity index (χ0n) is 12.5. The van der Waals surface area contributed by atoms with Crippen LogP contribution < -0.4 is 0 Å². The average Bonchev–Trinajstić information content (AvgIpc) is 3.11. The van der Waals surface area contributed by atoms with E-state index in [4.69, 9.17) is 5.11 Å². The molecule has 2 unspecified atom stereocenters. The van der Waals surface area contributed by atoms with Crippen molar-refractivity contribution in [3.05, 3.63) is 0 Å². The molecule has 0 aromatic rings. The molecular formula is C16H29NO2. The number of aliphatic carboxylic acids is 1. The van der Waals surface area contributed by atoms with Gasteiger partial charge >= 0.3 is 5.97 Å². The molecule has 3 nitrogen and oxygen atoms in total. The standard InChI is InChI=1S/C16H29NO2/c1-12(2)8-14-4-3-5-15(9-14)17(11-16(18)19)10-13-6-7-13/h12-15H,3-11H2,1-2H3,(H,18,19). The molecule has 2 rings (SSSR count). The number of carboxylic acids is 1. The van der Waals surface area contributed by atoms with Gasteiger partial charge in [0, 0.05) is 12.6 Å². The number of carboxylic acid groups (broad SMARTS) is 1. The van der Waals surface area contributed by atoms with Crippen molar-refractivity contribution in [1.29, 1.82) is 0 Å². The van der Waals surface area contributed by atoms with Gasteiger partial charge in [-0.2, -0.15) is 0 Å². The molecule has 0 heterocycles. The second-order valence-electron chi connectivity index (χ2n) is 7.08. The van der Waals surface area contributed by atoms with Crippen LogP contribution in [0.5, 0.6) is 0 Å². The van der Waals surface area contributed by atoms with E-state index in [9.17, 15) is 4.79 Å². The fourth-order valence-corrected chi connectivity index (χ4v) is 3.62. The second kappa shape index (κ2) is 6.74. The van der Waals surface area contributed by atoms with Crippen molar-refractivity contribution in [3.63, 3.8) is 0 Å². The lowest BCUT2D eigenvalue weighted by Crippen LogP contribution is -2.43. The topological polar surface area (TPSA) is 40.5 Å². The molecule has 2 aliphatic rings. The molecule has 0 saturated heterocycles. The maximum Gasteiger partial charge on any atom is 0.317 e. The van der Waals surface area contributed by atoms with Crippen LogP contribution in [0.1, 0.15) is 58.8 Å². The van der Waals surface area contributed by atoms with Gasteiger partial charge in [-0.3, -0.25) is 9.69 Å². The van der Waals surface area contributed by atoms with Crippen molar-refractivity contribution in [2.45, 2.75) is 64.8 Å². The molecule has 0 aromatic carbocycles. The van der Waals surface area contributed by atoms with Gasteiger partial charge in [-0.1, -0.05) is 26.7 Å². The fraction of sp³-hybridized carbons (Fsp3) is 0.938. The first-order valence-corrected chi connectivity index (χ1v) is 8.00. The quantitative estimate of drug-likeness (QED) is 0.768. The van der Waals surface area contributed by atoms with Crippen LogP contribution in [0.25, 0.3) is 0 Å². The summed E-state index contributed by atoms with van der Waals surface area (Å²) in [4.78, 5) is 13.3. The Kier molecular flexibility index (Phi) is 5.26. The summed E-state index contributed by atoms with van der Waals surface area (Å²) < 4.78 is 0. The zero-order chi connectivity index (χ0) is 13.8. The first-order valence-electron chi connectivity index (χ1n) is 8.00. The molecule has 110 valence electrons. The molecule has 3 heteroatoms. The molecule has 0 radical (unpaired) electrons. The van der Waals surface area contributed by atoms with E-state index in [-0.39, 0.29) is 6.54 Å². The molecule has 0 spiro atoms. The van der Waals surface area contributed by atoms with Gasteiger partial charge in [-0.05, 0) is 49.9 Å². The Bertz CT molecular complexity index is 299. The van der Waals surface area contributed by atoms with Crippen LogP contribution in [0.4, 0.5) is 0 Å². The Morgan fingerprint density at radius 1 is 1.21 bits per heavy atom. The second-order valence-corrected chi connectivity index (χ2v) is 7.08. The van der Waals surface area contributed by atoms with Gasteiger partial charge in [-0.25, -0.2) is 0 Å². The van der Waals surface area contributed by atoms with E-state index in [1.54, 1.807) is 0 Å². The van der Waals surface area contributed by atoms with E-state index in [0.717, 1.165) is 24.3 Å². The van der Waals surface area contributed by atoms with Crippen molar-refractivity contribution in [2.75, 3.05) is 13.1 Å². The first-order chi connectivity index (χ1) is 9.04. The van der Waals surface area contributed by atoms with Gasteiger partial charge in [0.25, 0.3) is 0 Å². The Hall–Kier alpha value is -0.570. The lowest BCUT2D eigenvalue weighted by Gasteiger charge is -2.37. The van der Waals surface area contributed by atoms with Crippen LogP contribution in [0, 0.1) is 17.8 Å². The third-order valence-electron chi connectivity index (χ3n) is 4.60. The lowest BCUT2D eigenvalue weighted by molar-refractivity contribution is -0.139. The maximum absolute atomic E-state index is 11.1. The van der Waals surface area contributed by atoms with E-state index in [0.29, 0.717) is 6.04 Å². The van der Waals surface area contributed by atoms with Gasteiger partial charge in [0.1, 0.15) is 0 Å². The highest BCUT2D eigenvalue weighted by molar-refractivity contribution is 5.69. The molecule has 0 aliphatic heterocycles. The number of rotatable bonds is 7. The van der Waals surface area contributed by atoms with Crippen LogP contribution in [0.3, 0.4) is 0 Å². The summed E-state index contributed by atoms with van der Waals surface area (Å²) in [5.41, 5.74) is 0. The van der Waals surface area contributed by atoms with Gasteiger partial charge in [-0.15, -0.1) is 0 Å². The highest BCUT2D eigenvalue weighted by atomic mass is 16.4. The van der Waals surface area contributed by atoms with Gasteiger partial charge in [0.2, 0.25) is 0 Å². The maximum atomic E-state index is 11.1. The predicted octanol–water partition coefficient (Wildman–Crippen LogP) is 3.39. The van der Waals surface area contributed by atoms with E-state index in [2.05, 4.69) is 18.7 Å². The highest BCUT2D eigenvalue weighted by Crippen LogP contribution is 2.35. The molecule has 2 aliphatic carbocycles. The number of carbonyl (C=O) groups is 1. The summed E-state index contributed by atoms with van der Waals surface area (Å²) in [5, 5.41) is 9.12. The molecule has 0 bridgehead atoms. The molecule has 2 atom stereocenters. The highest BCUT2D eigenvalue weighted by Gasteiger charge is 2.32. The van der Waals surface area contributed by atoms with Gasteiger partial charge in [0.15, 0.2) is 0 Å². The molecule has 1 N–H and O–H groups in total. The monoisotopic (exact) mass is 267 g/mol. The Balaban J connectivity index is 1.88. The minimum Gasteiger partial charge on any atom is -0.480 e. The molecule has 0 amide bonds. The normalized spacial score (nSPS) is 28.0.